The van der Waals surface area contributed by atoms with Crippen molar-refractivity contribution in [2.45, 2.75) is 38.8 Å². The van der Waals surface area contributed by atoms with E-state index in [0.717, 1.165) is 36.6 Å². The van der Waals surface area contributed by atoms with Gasteiger partial charge in [-0.05, 0) is 32.4 Å². The highest BCUT2D eigenvalue weighted by molar-refractivity contribution is 5.41. The molecule has 0 unspecified atom stereocenters. The SMILES string of the molecule is COc1ccccc1CN1CCCC[C@H]1c1cc2nc(C)cc(=O)n2[nH]1. The maximum absolute atomic E-state index is 12.2. The van der Waals surface area contributed by atoms with Crippen LogP contribution in [0.15, 0.2) is 41.2 Å². The van der Waals surface area contributed by atoms with Crippen LogP contribution in [0.2, 0.25) is 0 Å². The smallest absolute Gasteiger partial charge is 0.272 e. The van der Waals surface area contributed by atoms with Gasteiger partial charge in [-0.2, -0.15) is 0 Å². The Morgan fingerprint density at radius 3 is 2.96 bits per heavy atom. The summed E-state index contributed by atoms with van der Waals surface area (Å²) >= 11 is 0. The highest BCUT2D eigenvalue weighted by Gasteiger charge is 2.26. The molecule has 3 aromatic rings. The number of H-pyrrole nitrogens is 1. The Kier molecular flexibility index (Phi) is 4.51. The number of ether oxygens (including phenoxy) is 1. The molecule has 0 radical (unpaired) electrons. The molecule has 0 saturated carbocycles. The normalized spacial score (nSPS) is 18.3. The number of benzene rings is 1. The maximum Gasteiger partial charge on any atom is 0.272 e. The van der Waals surface area contributed by atoms with Gasteiger partial charge in [0.15, 0.2) is 5.65 Å². The molecule has 1 aromatic carbocycles. The zero-order chi connectivity index (χ0) is 18.1. The Balaban J connectivity index is 1.67. The van der Waals surface area contributed by atoms with E-state index in [-0.39, 0.29) is 11.6 Å². The number of hydrogen-bond acceptors (Lipinski definition) is 4. The zero-order valence-electron chi connectivity index (χ0n) is 15.2. The number of aromatic nitrogens is 3. The molecule has 0 bridgehead atoms. The van der Waals surface area contributed by atoms with Crippen LogP contribution >= 0.6 is 0 Å². The van der Waals surface area contributed by atoms with Gasteiger partial charge in [0, 0.05) is 29.9 Å². The Bertz CT molecular complexity index is 975. The Hall–Kier alpha value is -2.60. The van der Waals surface area contributed by atoms with Crippen LogP contribution in [0.1, 0.15) is 42.3 Å². The third-order valence-corrected chi connectivity index (χ3v) is 5.14. The number of hydrogen-bond donors (Lipinski definition) is 1. The molecule has 1 atom stereocenters. The van der Waals surface area contributed by atoms with Crippen LogP contribution in [0.25, 0.3) is 5.65 Å². The van der Waals surface area contributed by atoms with Crippen LogP contribution in [0, 0.1) is 6.92 Å². The van der Waals surface area contributed by atoms with E-state index in [4.69, 9.17) is 4.74 Å². The standard InChI is InChI=1S/C20H24N4O2/c1-14-11-20(25)24-19(21-14)12-16(22-24)17-8-5-6-10-23(17)13-15-7-3-4-9-18(15)26-2/h3-4,7,9,11-12,17,22H,5-6,8,10,13H2,1-2H3/t17-/m0/s1. The summed E-state index contributed by atoms with van der Waals surface area (Å²) in [5.41, 5.74) is 3.60. The minimum Gasteiger partial charge on any atom is -0.496 e. The summed E-state index contributed by atoms with van der Waals surface area (Å²) in [6.07, 6.45) is 3.43. The fraction of sp³-hybridized carbons (Fsp3) is 0.400. The summed E-state index contributed by atoms with van der Waals surface area (Å²) in [4.78, 5) is 19.2. The number of likely N-dealkylation sites (tertiary alicyclic amines) is 1. The van der Waals surface area contributed by atoms with Gasteiger partial charge in [-0.1, -0.05) is 24.6 Å². The largest absolute Gasteiger partial charge is 0.496 e. The summed E-state index contributed by atoms with van der Waals surface area (Å²) in [5, 5.41) is 3.27. The highest BCUT2D eigenvalue weighted by atomic mass is 16.5. The highest BCUT2D eigenvalue weighted by Crippen LogP contribution is 2.33. The first kappa shape index (κ1) is 16.8. The topological polar surface area (TPSA) is 62.6 Å². The molecule has 0 aliphatic carbocycles. The van der Waals surface area contributed by atoms with E-state index in [0.29, 0.717) is 5.65 Å². The molecule has 26 heavy (non-hydrogen) atoms. The summed E-state index contributed by atoms with van der Waals surface area (Å²) in [5.74, 6) is 0.919. The quantitative estimate of drug-likeness (QED) is 0.784. The average molecular weight is 352 g/mol. The second-order valence-corrected chi connectivity index (χ2v) is 6.93. The fourth-order valence-electron chi connectivity index (χ4n) is 3.88. The molecule has 0 amide bonds. The number of nitrogens with zero attached hydrogens (tertiary/aromatic N) is 3. The van der Waals surface area contributed by atoms with E-state index in [9.17, 15) is 4.79 Å². The molecular formula is C20H24N4O2. The maximum atomic E-state index is 12.2. The second kappa shape index (κ2) is 6.96. The summed E-state index contributed by atoms with van der Waals surface area (Å²) in [6, 6.07) is 12.0. The molecule has 1 aliphatic rings. The van der Waals surface area contributed by atoms with Gasteiger partial charge in [-0.15, -0.1) is 0 Å². The Labute approximate surface area is 152 Å². The molecule has 6 nitrogen and oxygen atoms in total. The predicted molar refractivity (Wildman–Crippen MR) is 101 cm³/mol. The zero-order valence-corrected chi connectivity index (χ0v) is 15.2. The lowest BCUT2D eigenvalue weighted by Crippen LogP contribution is -2.33. The van der Waals surface area contributed by atoms with Crippen molar-refractivity contribution in [1.82, 2.24) is 19.5 Å². The number of aryl methyl sites for hydroxylation is 1. The van der Waals surface area contributed by atoms with Gasteiger partial charge >= 0.3 is 0 Å². The van der Waals surface area contributed by atoms with Gasteiger partial charge in [-0.25, -0.2) is 9.50 Å². The van der Waals surface area contributed by atoms with Crippen LogP contribution in [0.3, 0.4) is 0 Å². The van der Waals surface area contributed by atoms with Gasteiger partial charge in [-0.3, -0.25) is 14.8 Å². The van der Waals surface area contributed by atoms with Crippen LogP contribution in [0.5, 0.6) is 5.75 Å². The number of para-hydroxylation sites is 1. The van der Waals surface area contributed by atoms with Gasteiger partial charge in [0.05, 0.1) is 18.8 Å². The Morgan fingerprint density at radius 2 is 2.12 bits per heavy atom. The first-order valence-electron chi connectivity index (χ1n) is 9.11. The van der Waals surface area contributed by atoms with Crippen molar-refractivity contribution in [2.75, 3.05) is 13.7 Å². The molecule has 1 N–H and O–H groups in total. The van der Waals surface area contributed by atoms with Crippen LogP contribution < -0.4 is 10.3 Å². The number of aromatic amines is 1. The van der Waals surface area contributed by atoms with Crippen molar-refractivity contribution in [3.05, 3.63) is 63.7 Å². The predicted octanol–water partition coefficient (Wildman–Crippen LogP) is 3.07. The van der Waals surface area contributed by atoms with Gasteiger partial charge in [0.25, 0.3) is 5.56 Å². The van der Waals surface area contributed by atoms with Crippen molar-refractivity contribution < 1.29 is 4.74 Å². The monoisotopic (exact) mass is 352 g/mol. The Morgan fingerprint density at radius 1 is 1.27 bits per heavy atom. The van der Waals surface area contributed by atoms with Gasteiger partial charge in [0.2, 0.25) is 0 Å². The molecule has 6 heteroatoms. The van der Waals surface area contributed by atoms with Gasteiger partial charge in [0.1, 0.15) is 5.75 Å². The van der Waals surface area contributed by atoms with E-state index in [1.54, 1.807) is 13.2 Å². The van der Waals surface area contributed by atoms with E-state index in [1.807, 2.05) is 31.2 Å². The lowest BCUT2D eigenvalue weighted by molar-refractivity contribution is 0.135. The third kappa shape index (κ3) is 3.12. The second-order valence-electron chi connectivity index (χ2n) is 6.93. The summed E-state index contributed by atoms with van der Waals surface area (Å²) in [7, 11) is 1.71. The minimum absolute atomic E-state index is 0.0640. The van der Waals surface area contributed by atoms with Crippen molar-refractivity contribution in [3.63, 3.8) is 0 Å². The van der Waals surface area contributed by atoms with Crippen molar-refractivity contribution in [1.29, 1.82) is 0 Å². The average Bonchev–Trinajstić information content (AvgIpc) is 3.07. The molecule has 2 aromatic heterocycles. The first-order chi connectivity index (χ1) is 12.7. The lowest BCUT2D eigenvalue weighted by atomic mass is 9.98. The molecule has 4 rings (SSSR count). The molecular weight excluding hydrogens is 328 g/mol. The fourth-order valence-corrected chi connectivity index (χ4v) is 3.88. The molecule has 136 valence electrons. The summed E-state index contributed by atoms with van der Waals surface area (Å²) in [6.45, 7) is 3.70. The first-order valence-corrected chi connectivity index (χ1v) is 9.11. The van der Waals surface area contributed by atoms with E-state index in [2.05, 4.69) is 21.0 Å². The van der Waals surface area contributed by atoms with Crippen molar-refractivity contribution >= 4 is 5.65 Å². The molecule has 1 fully saturated rings. The summed E-state index contributed by atoms with van der Waals surface area (Å²) < 4.78 is 7.05. The third-order valence-electron chi connectivity index (χ3n) is 5.14. The number of methoxy groups -OCH3 is 1. The number of piperidine rings is 1. The van der Waals surface area contributed by atoms with Crippen LogP contribution in [-0.4, -0.2) is 33.2 Å². The van der Waals surface area contributed by atoms with E-state index < -0.39 is 0 Å². The number of rotatable bonds is 4. The lowest BCUT2D eigenvalue weighted by Gasteiger charge is -2.35. The van der Waals surface area contributed by atoms with Crippen molar-refractivity contribution in [2.24, 2.45) is 0 Å². The molecule has 0 spiro atoms. The van der Waals surface area contributed by atoms with Gasteiger partial charge < -0.3 is 4.74 Å². The molecule has 1 aliphatic heterocycles. The van der Waals surface area contributed by atoms with Crippen LogP contribution in [0.4, 0.5) is 0 Å². The van der Waals surface area contributed by atoms with E-state index >= 15 is 0 Å². The molecule has 3 heterocycles. The number of fused-ring (bicyclic) bond motifs is 1. The molecule has 1 saturated heterocycles. The van der Waals surface area contributed by atoms with Crippen LogP contribution in [-0.2, 0) is 6.54 Å². The number of nitrogens with one attached hydrogen (secondary N) is 1. The minimum atomic E-state index is -0.0640. The van der Waals surface area contributed by atoms with E-state index in [1.165, 1.54) is 22.9 Å². The van der Waals surface area contributed by atoms with Crippen molar-refractivity contribution in [3.8, 4) is 5.75 Å².